The first-order valence-corrected chi connectivity index (χ1v) is 48.9. The van der Waals surface area contributed by atoms with E-state index in [0.29, 0.717) is 60.7 Å². The van der Waals surface area contributed by atoms with Gasteiger partial charge < -0.3 is 52.1 Å². The Balaban J connectivity index is 0.000000122. The highest BCUT2D eigenvalue weighted by atomic mass is 79.9. The lowest BCUT2D eigenvalue weighted by Crippen LogP contribution is -2.51. The van der Waals surface area contributed by atoms with E-state index >= 15 is 0 Å². The number of likely N-dealkylation sites (tertiary alicyclic amines) is 1. The molecule has 10 aliphatic rings. The second kappa shape index (κ2) is 49.6. The first-order valence-electron chi connectivity index (χ1n) is 46.3. The molecule has 19 heteroatoms. The van der Waals surface area contributed by atoms with Gasteiger partial charge in [-0.25, -0.2) is 0 Å². The van der Waals surface area contributed by atoms with Crippen LogP contribution in [0, 0.1) is 0 Å². The SMILES string of the molecule is Brc1cccc(CCOC2CCCCC2N2CCOCC2)c1.COc1ccc(CCOC2CCCCC2N2CCOCC2)cc1OC.c1cc(CCOC2CCCCC2N2CCOCC2)c2ccsc2c1.c1ccc2c(CCOC3CCCCC3N3CCCC3)cccc2c1.c1ccc2c(CCOC3CCCCC3N3CCOCC3)csc2c1. The maximum Gasteiger partial charge on any atom is 0.160 e. The fraction of sp³-hybridized carbons (Fsp3) is 0.620. The molecule has 10 atom stereocenters. The lowest BCUT2D eigenvalue weighted by Gasteiger charge is -2.41. The van der Waals surface area contributed by atoms with Gasteiger partial charge in [-0.2, -0.15) is 0 Å². The van der Waals surface area contributed by atoms with Crippen molar-refractivity contribution in [2.75, 3.05) is 166 Å². The Morgan fingerprint density at radius 1 is 0.319 bits per heavy atom. The molecule has 0 amide bonds. The van der Waals surface area contributed by atoms with Crippen LogP contribution in [0.2, 0.25) is 0 Å². The summed E-state index contributed by atoms with van der Waals surface area (Å²) in [6.07, 6.45) is 35.5. The highest BCUT2D eigenvalue weighted by Gasteiger charge is 2.37. The number of hydrogen-bond acceptors (Lipinski definition) is 18. The zero-order chi connectivity index (χ0) is 81.3. The molecule has 0 N–H and O–H groups in total. The summed E-state index contributed by atoms with van der Waals surface area (Å²) in [5.74, 6) is 1.55. The number of morpholine rings is 4. The highest BCUT2D eigenvalue weighted by Crippen LogP contribution is 2.36. The number of hydrogen-bond donors (Lipinski definition) is 0. The number of fused-ring (bicyclic) bond motifs is 3. The van der Waals surface area contributed by atoms with Crippen LogP contribution in [0.1, 0.15) is 169 Å². The molecule has 18 rings (SSSR count). The molecule has 8 aromatic rings. The van der Waals surface area contributed by atoms with Crippen molar-refractivity contribution in [3.63, 3.8) is 0 Å². The Morgan fingerprint density at radius 2 is 0.681 bits per heavy atom. The second-order valence-electron chi connectivity index (χ2n) is 34.4. The Labute approximate surface area is 728 Å². The van der Waals surface area contributed by atoms with Gasteiger partial charge in [0.1, 0.15) is 0 Å². The van der Waals surface area contributed by atoms with Gasteiger partial charge in [0.2, 0.25) is 0 Å². The zero-order valence-electron chi connectivity index (χ0n) is 71.9. The molecule has 6 aromatic carbocycles. The van der Waals surface area contributed by atoms with E-state index in [-0.39, 0.29) is 0 Å². The van der Waals surface area contributed by atoms with Crippen molar-refractivity contribution >= 4 is 69.5 Å². The van der Waals surface area contributed by atoms with Gasteiger partial charge in [0, 0.05) is 96.4 Å². The summed E-state index contributed by atoms with van der Waals surface area (Å²) in [6.45, 7) is 22.1. The number of ether oxygens (including phenoxy) is 11. The standard InChI is InChI=1S/C22H29NO.C20H31NO4.2C20H27NO2S.C18H26BrNO2/c1-2-11-20-18(8-1)9-7-10-19(20)14-17-24-22-13-4-3-12-21(22)23-15-5-6-16-23;1-22-19-8-7-16(15-20(19)23-2)9-12-25-18-6-4-3-5-17(18)21-10-13-24-14-11-21;1-4-8-20-17(5-1)16(15-24-20)9-12-23-19-7-3-2-6-18(19)21-10-13-22-14-11-21;1-2-6-19(18(5-1)21-10-13-22-14-11-21)23-12-8-16-4-3-7-20-17(16)9-15-24-20;19-16-5-3-4-15(14-16)8-11-22-18-7-2-1-6-17(18)20-9-12-21-13-10-20/h1-2,7-11,21-22H,3-6,12-17H2;7-8,15,17-18H,3-6,9-14H2,1-2H3;1,4-5,8,15,18-19H,2-3,6-7,9-14H2;3-4,7,9,15,18-19H,1-2,5-6,8,10-14H2;3-5,14,17-18H,1-2,6-13H2. The van der Waals surface area contributed by atoms with Gasteiger partial charge in [-0.3, -0.25) is 24.5 Å². The summed E-state index contributed by atoms with van der Waals surface area (Å²) in [6, 6.07) is 50.5. The zero-order valence-corrected chi connectivity index (χ0v) is 75.1. The first-order chi connectivity index (χ1) is 58.9. The first kappa shape index (κ1) is 90.3. The third-order valence-corrected chi connectivity index (χ3v) is 29.3. The summed E-state index contributed by atoms with van der Waals surface area (Å²) < 4.78 is 68.5. The Morgan fingerprint density at radius 3 is 1.15 bits per heavy atom. The van der Waals surface area contributed by atoms with Crippen LogP contribution in [0.15, 0.2) is 149 Å². The Bertz CT molecular complexity index is 4170. The van der Waals surface area contributed by atoms with E-state index in [1.807, 2.05) is 34.8 Å². The predicted octanol–water partition coefficient (Wildman–Crippen LogP) is 19.6. The van der Waals surface area contributed by atoms with Gasteiger partial charge >= 0.3 is 0 Å². The molecule has 5 aliphatic heterocycles. The molecule has 119 heavy (non-hydrogen) atoms. The topological polar surface area (TPSA) is 118 Å². The molecule has 7 heterocycles. The maximum atomic E-state index is 6.42. The smallest absolute Gasteiger partial charge is 0.160 e. The van der Waals surface area contributed by atoms with Crippen LogP contribution >= 0.6 is 38.6 Å². The van der Waals surface area contributed by atoms with Crippen molar-refractivity contribution in [2.24, 2.45) is 0 Å². The third-order valence-electron chi connectivity index (χ3n) is 26.9. The molecule has 10 unspecified atom stereocenters. The third kappa shape index (κ3) is 27.0. The lowest BCUT2D eigenvalue weighted by atomic mass is 9.91. The lowest BCUT2D eigenvalue weighted by molar-refractivity contribution is -0.0648. The molecule has 0 bridgehead atoms. The molecule has 0 radical (unpaired) electrons. The summed E-state index contributed by atoms with van der Waals surface area (Å²) >= 11 is 7.20. The second-order valence-corrected chi connectivity index (χ2v) is 37.1. The van der Waals surface area contributed by atoms with Gasteiger partial charge in [-0.05, 0) is 225 Å². The largest absolute Gasteiger partial charge is 0.493 e. The van der Waals surface area contributed by atoms with Crippen molar-refractivity contribution in [3.05, 3.63) is 177 Å². The molecule has 10 fully saturated rings. The van der Waals surface area contributed by atoms with Crippen molar-refractivity contribution < 1.29 is 52.1 Å². The number of benzene rings is 6. The molecule has 16 nitrogen and oxygen atoms in total. The average molecular weight is 1730 g/mol. The highest BCUT2D eigenvalue weighted by molar-refractivity contribution is 9.10. The van der Waals surface area contributed by atoms with Gasteiger partial charge in [-0.15, -0.1) is 22.7 Å². The van der Waals surface area contributed by atoms with Gasteiger partial charge in [0.15, 0.2) is 11.5 Å². The molecule has 0 spiro atoms. The molecule has 5 saturated heterocycles. The summed E-state index contributed by atoms with van der Waals surface area (Å²) in [4.78, 5) is 13.1. The maximum absolute atomic E-state index is 6.42. The normalized spacial score (nSPS) is 25.8. The van der Waals surface area contributed by atoms with Gasteiger partial charge in [-0.1, -0.05) is 171 Å². The van der Waals surface area contributed by atoms with E-state index < -0.39 is 0 Å². The van der Waals surface area contributed by atoms with Crippen LogP contribution in [-0.2, 0) is 74.7 Å². The van der Waals surface area contributed by atoms with E-state index in [0.717, 1.165) is 186 Å². The Hall–Kier alpha value is -4.98. The van der Waals surface area contributed by atoms with E-state index in [4.69, 9.17) is 52.1 Å². The van der Waals surface area contributed by atoms with Crippen molar-refractivity contribution in [2.45, 2.75) is 234 Å². The van der Waals surface area contributed by atoms with Crippen LogP contribution in [0.25, 0.3) is 30.9 Å². The number of halogens is 1. The van der Waals surface area contributed by atoms with Crippen molar-refractivity contribution in [3.8, 4) is 11.5 Å². The van der Waals surface area contributed by atoms with Crippen molar-refractivity contribution in [1.29, 1.82) is 0 Å². The van der Waals surface area contributed by atoms with E-state index in [1.54, 1.807) is 14.2 Å². The molecule has 650 valence electrons. The monoisotopic (exact) mass is 1730 g/mol. The van der Waals surface area contributed by atoms with E-state index in [9.17, 15) is 0 Å². The summed E-state index contributed by atoms with van der Waals surface area (Å²) in [5.41, 5.74) is 6.84. The number of nitrogens with zero attached hydrogens (tertiary/aromatic N) is 5. The van der Waals surface area contributed by atoms with E-state index in [1.165, 1.54) is 213 Å². The van der Waals surface area contributed by atoms with Crippen LogP contribution in [-0.4, -0.2) is 251 Å². The minimum atomic E-state index is 0.354. The molecule has 5 aliphatic carbocycles. The summed E-state index contributed by atoms with van der Waals surface area (Å²) in [7, 11) is 3.34. The predicted molar refractivity (Wildman–Crippen MR) is 490 cm³/mol. The minimum absolute atomic E-state index is 0.354. The number of thiophene rings is 2. The van der Waals surface area contributed by atoms with Crippen LogP contribution in [0.5, 0.6) is 11.5 Å². The van der Waals surface area contributed by atoms with Crippen LogP contribution in [0.3, 0.4) is 0 Å². The molecular weight excluding hydrogens is 1590 g/mol. The van der Waals surface area contributed by atoms with Gasteiger partial charge in [0.05, 0.1) is 131 Å². The fourth-order valence-electron chi connectivity index (χ4n) is 20.5. The number of rotatable bonds is 27. The minimum Gasteiger partial charge on any atom is -0.493 e. The Kier molecular flexibility index (Phi) is 37.7. The van der Waals surface area contributed by atoms with Crippen LogP contribution < -0.4 is 9.47 Å². The molecular formula is C100H140BrN5O11S2. The van der Waals surface area contributed by atoms with E-state index in [2.05, 4.69) is 173 Å². The fourth-order valence-corrected chi connectivity index (χ4v) is 22.8. The number of methoxy groups -OCH3 is 2. The quantitative estimate of drug-likeness (QED) is 0.0485. The van der Waals surface area contributed by atoms with Gasteiger partial charge in [0.25, 0.3) is 0 Å². The van der Waals surface area contributed by atoms with Crippen molar-refractivity contribution in [1.82, 2.24) is 24.5 Å². The molecule has 2 aromatic heterocycles. The average Bonchev–Trinajstić information content (AvgIpc) is 1.77. The summed E-state index contributed by atoms with van der Waals surface area (Å²) in [5, 5.41) is 10.0. The molecule has 5 saturated carbocycles. The van der Waals surface area contributed by atoms with Crippen LogP contribution in [0.4, 0.5) is 0 Å².